The first-order valence-electron chi connectivity index (χ1n) is 11.7. The van der Waals surface area contributed by atoms with Gasteiger partial charge in [0.05, 0.1) is 18.1 Å². The highest BCUT2D eigenvalue weighted by Gasteiger charge is 2.49. The van der Waals surface area contributed by atoms with Crippen LogP contribution in [0.3, 0.4) is 0 Å². The number of ether oxygens (including phenoxy) is 1. The fraction of sp³-hybridized carbons (Fsp3) is 0.423. The molecule has 36 heavy (non-hydrogen) atoms. The standard InChI is InChI=1S/C26H30N6O3S/c1-16-11-17(13-18(12-16)31-24-29-9-6-21(32-24)35-4)20-14-30-23(36-20)26(34)7-5-19(25(2,3)15-26)22(33)28-10-8-27/h6,9,11-14,19,34H,5,7,10,15H2,1-4H3,(H,28,33)(H,29,31,32). The van der Waals surface area contributed by atoms with E-state index < -0.39 is 11.0 Å². The summed E-state index contributed by atoms with van der Waals surface area (Å²) in [6.45, 7) is 5.98. The molecule has 1 aromatic carbocycles. The normalized spacial score (nSPS) is 20.8. The number of nitriles is 1. The number of hydrogen-bond acceptors (Lipinski definition) is 9. The Kier molecular flexibility index (Phi) is 7.24. The van der Waals surface area contributed by atoms with E-state index in [2.05, 4.69) is 31.7 Å². The summed E-state index contributed by atoms with van der Waals surface area (Å²) < 4.78 is 5.17. The lowest BCUT2D eigenvalue weighted by Gasteiger charge is -2.45. The van der Waals surface area contributed by atoms with Crippen LogP contribution in [-0.4, -0.2) is 39.6 Å². The smallest absolute Gasteiger partial charge is 0.230 e. The van der Waals surface area contributed by atoms with Gasteiger partial charge < -0.3 is 20.5 Å². The molecule has 0 aliphatic heterocycles. The van der Waals surface area contributed by atoms with E-state index in [0.29, 0.717) is 36.1 Å². The lowest BCUT2D eigenvalue weighted by atomic mass is 9.63. The summed E-state index contributed by atoms with van der Waals surface area (Å²) in [5.74, 6) is 0.502. The number of nitrogens with zero attached hydrogens (tertiary/aromatic N) is 4. The van der Waals surface area contributed by atoms with Gasteiger partial charge in [-0.3, -0.25) is 4.79 Å². The molecule has 1 amide bonds. The SMILES string of the molecule is COc1ccnc(Nc2cc(C)cc(-c3cnc(C4(O)CCC(C(=O)NCC#N)C(C)(C)C4)s3)c2)n1. The molecule has 2 atom stereocenters. The molecular formula is C26H30N6O3S. The van der Waals surface area contributed by atoms with Crippen LogP contribution in [0.2, 0.25) is 0 Å². The number of thiazole rings is 1. The molecular weight excluding hydrogens is 476 g/mol. The van der Waals surface area contributed by atoms with Crippen LogP contribution in [0.4, 0.5) is 11.6 Å². The molecule has 0 bridgehead atoms. The molecule has 1 saturated carbocycles. The number of rotatable bonds is 7. The number of methoxy groups -OCH3 is 1. The highest BCUT2D eigenvalue weighted by molar-refractivity contribution is 7.15. The third-order valence-electron chi connectivity index (χ3n) is 6.56. The summed E-state index contributed by atoms with van der Waals surface area (Å²) in [7, 11) is 1.56. The number of hydrogen-bond donors (Lipinski definition) is 3. The maximum Gasteiger partial charge on any atom is 0.230 e. The van der Waals surface area contributed by atoms with E-state index in [0.717, 1.165) is 21.7 Å². The van der Waals surface area contributed by atoms with E-state index in [1.165, 1.54) is 11.3 Å². The first-order chi connectivity index (χ1) is 17.1. The van der Waals surface area contributed by atoms with Crippen LogP contribution >= 0.6 is 11.3 Å². The average molecular weight is 507 g/mol. The Morgan fingerprint density at radius 1 is 1.33 bits per heavy atom. The molecule has 1 aliphatic carbocycles. The van der Waals surface area contributed by atoms with Gasteiger partial charge in [-0.15, -0.1) is 11.3 Å². The van der Waals surface area contributed by atoms with Crippen molar-refractivity contribution in [1.82, 2.24) is 20.3 Å². The van der Waals surface area contributed by atoms with Gasteiger partial charge in [0.1, 0.15) is 17.2 Å². The van der Waals surface area contributed by atoms with Crippen molar-refractivity contribution in [2.24, 2.45) is 11.3 Å². The monoisotopic (exact) mass is 506 g/mol. The third-order valence-corrected chi connectivity index (χ3v) is 7.80. The van der Waals surface area contributed by atoms with Gasteiger partial charge in [0.15, 0.2) is 0 Å². The lowest BCUT2D eigenvalue weighted by molar-refractivity contribution is -0.137. The molecule has 0 saturated heterocycles. The van der Waals surface area contributed by atoms with Crippen molar-refractivity contribution < 1.29 is 14.6 Å². The topological polar surface area (TPSA) is 133 Å². The Balaban J connectivity index is 1.54. The molecule has 2 unspecified atom stereocenters. The third kappa shape index (κ3) is 5.48. The lowest BCUT2D eigenvalue weighted by Crippen LogP contribution is -2.47. The summed E-state index contributed by atoms with van der Waals surface area (Å²) in [4.78, 5) is 26.7. The second-order valence-corrected chi connectivity index (χ2v) is 10.9. The molecule has 3 aromatic rings. The predicted molar refractivity (Wildman–Crippen MR) is 138 cm³/mol. The second-order valence-electron chi connectivity index (χ2n) is 9.83. The van der Waals surface area contributed by atoms with Crippen LogP contribution in [0.1, 0.15) is 43.7 Å². The van der Waals surface area contributed by atoms with Gasteiger partial charge in [0, 0.05) is 30.1 Å². The van der Waals surface area contributed by atoms with Gasteiger partial charge in [0.25, 0.3) is 0 Å². The fourth-order valence-electron chi connectivity index (χ4n) is 4.92. The number of aryl methyl sites for hydroxylation is 1. The van der Waals surface area contributed by atoms with E-state index in [4.69, 9.17) is 10.00 Å². The Labute approximate surface area is 214 Å². The van der Waals surface area contributed by atoms with Gasteiger partial charge in [-0.2, -0.15) is 10.2 Å². The van der Waals surface area contributed by atoms with Crippen LogP contribution in [0, 0.1) is 29.6 Å². The zero-order valence-electron chi connectivity index (χ0n) is 20.8. The minimum absolute atomic E-state index is 0.0111. The Hall–Kier alpha value is -3.55. The van der Waals surface area contributed by atoms with E-state index in [1.54, 1.807) is 25.6 Å². The van der Waals surface area contributed by atoms with Gasteiger partial charge in [-0.1, -0.05) is 19.9 Å². The minimum Gasteiger partial charge on any atom is -0.481 e. The average Bonchev–Trinajstić information content (AvgIpc) is 3.33. The van der Waals surface area contributed by atoms with Crippen LogP contribution in [0.25, 0.3) is 10.4 Å². The molecule has 3 N–H and O–H groups in total. The number of carbonyl (C=O) groups excluding carboxylic acids is 1. The van der Waals surface area contributed by atoms with Crippen molar-refractivity contribution in [1.29, 1.82) is 5.26 Å². The van der Waals surface area contributed by atoms with Crippen LogP contribution in [-0.2, 0) is 10.4 Å². The number of aromatic nitrogens is 3. The molecule has 0 radical (unpaired) electrons. The fourth-order valence-corrected chi connectivity index (χ4v) is 5.94. The number of anilines is 2. The molecule has 9 nitrogen and oxygen atoms in total. The van der Waals surface area contributed by atoms with Crippen LogP contribution in [0.5, 0.6) is 5.88 Å². The minimum atomic E-state index is -1.11. The number of aliphatic hydroxyl groups is 1. The largest absolute Gasteiger partial charge is 0.481 e. The molecule has 188 valence electrons. The van der Waals surface area contributed by atoms with Crippen LogP contribution < -0.4 is 15.4 Å². The Morgan fingerprint density at radius 2 is 2.14 bits per heavy atom. The maximum absolute atomic E-state index is 12.6. The van der Waals surface area contributed by atoms with Gasteiger partial charge in [-0.25, -0.2) is 9.97 Å². The summed E-state index contributed by atoms with van der Waals surface area (Å²) in [6.07, 6.45) is 4.78. The van der Waals surface area contributed by atoms with E-state index in [1.807, 2.05) is 39.0 Å². The van der Waals surface area contributed by atoms with Crippen molar-refractivity contribution >= 4 is 28.9 Å². The van der Waals surface area contributed by atoms with Crippen molar-refractivity contribution in [3.63, 3.8) is 0 Å². The molecule has 10 heteroatoms. The van der Waals surface area contributed by atoms with Gasteiger partial charge in [-0.05, 0) is 54.9 Å². The zero-order chi connectivity index (χ0) is 25.9. The van der Waals surface area contributed by atoms with Crippen molar-refractivity contribution in [2.45, 2.75) is 45.6 Å². The van der Waals surface area contributed by atoms with Crippen molar-refractivity contribution in [3.8, 4) is 22.4 Å². The van der Waals surface area contributed by atoms with Gasteiger partial charge in [0.2, 0.25) is 17.7 Å². The molecule has 1 fully saturated rings. The quantitative estimate of drug-likeness (QED) is 0.404. The second kappa shape index (κ2) is 10.2. The number of benzene rings is 1. The molecule has 2 aromatic heterocycles. The first kappa shape index (κ1) is 25.5. The van der Waals surface area contributed by atoms with Crippen LogP contribution in [0.15, 0.2) is 36.7 Å². The molecule has 4 rings (SSSR count). The molecule has 0 spiro atoms. The first-order valence-corrected chi connectivity index (χ1v) is 12.5. The Morgan fingerprint density at radius 3 is 2.86 bits per heavy atom. The van der Waals surface area contributed by atoms with E-state index in [-0.39, 0.29) is 18.4 Å². The summed E-state index contributed by atoms with van der Waals surface area (Å²) in [6, 6.07) is 9.70. The van der Waals surface area contributed by atoms with E-state index in [9.17, 15) is 9.90 Å². The molecule has 1 aliphatic rings. The Bertz CT molecular complexity index is 1300. The van der Waals surface area contributed by atoms with Crippen molar-refractivity contribution in [2.75, 3.05) is 19.0 Å². The summed E-state index contributed by atoms with van der Waals surface area (Å²) >= 11 is 1.46. The number of nitrogens with one attached hydrogen (secondary N) is 2. The predicted octanol–water partition coefficient (Wildman–Crippen LogP) is 4.31. The number of amides is 1. The highest BCUT2D eigenvalue weighted by atomic mass is 32.1. The summed E-state index contributed by atoms with van der Waals surface area (Å²) in [5.41, 5.74) is 1.29. The number of carbonyl (C=O) groups is 1. The highest BCUT2D eigenvalue weighted by Crippen LogP contribution is 2.51. The van der Waals surface area contributed by atoms with Crippen molar-refractivity contribution in [3.05, 3.63) is 47.2 Å². The van der Waals surface area contributed by atoms with E-state index >= 15 is 0 Å². The molecule has 2 heterocycles. The maximum atomic E-state index is 12.6. The summed E-state index contributed by atoms with van der Waals surface area (Å²) in [5, 5.41) is 26.9. The van der Waals surface area contributed by atoms with Gasteiger partial charge >= 0.3 is 0 Å². The zero-order valence-corrected chi connectivity index (χ0v) is 21.6.